The van der Waals surface area contributed by atoms with Crippen LogP contribution in [-0.4, -0.2) is 39.6 Å². The van der Waals surface area contributed by atoms with Crippen molar-refractivity contribution in [1.82, 2.24) is 14.8 Å². The van der Waals surface area contributed by atoms with Crippen LogP contribution in [0.1, 0.15) is 13.8 Å². The summed E-state index contributed by atoms with van der Waals surface area (Å²) in [5, 5.41) is 11.8. The summed E-state index contributed by atoms with van der Waals surface area (Å²) in [5.41, 5.74) is 1.58. The molecule has 0 radical (unpaired) electrons. The van der Waals surface area contributed by atoms with Crippen LogP contribution in [0.25, 0.3) is 11.4 Å². The highest BCUT2D eigenvalue weighted by Crippen LogP contribution is 2.29. The fourth-order valence-corrected chi connectivity index (χ4v) is 3.52. The van der Waals surface area contributed by atoms with Crippen molar-refractivity contribution < 1.29 is 14.3 Å². The number of nitrogens with one attached hydrogen (secondary N) is 1. The molecule has 3 aromatic rings. The van der Waals surface area contributed by atoms with Gasteiger partial charge in [-0.1, -0.05) is 23.9 Å². The molecule has 0 bridgehead atoms. The lowest BCUT2D eigenvalue weighted by Crippen LogP contribution is -2.23. The molecule has 2 aromatic carbocycles. The van der Waals surface area contributed by atoms with Crippen LogP contribution in [0.2, 0.25) is 0 Å². The number of ether oxygens (including phenoxy) is 2. The Bertz CT molecular complexity index is 972. The van der Waals surface area contributed by atoms with Crippen LogP contribution in [0.15, 0.2) is 53.7 Å². The molecule has 29 heavy (non-hydrogen) atoms. The predicted molar refractivity (Wildman–Crippen MR) is 115 cm³/mol. The van der Waals surface area contributed by atoms with Crippen LogP contribution in [0.5, 0.6) is 11.5 Å². The molecule has 0 unspecified atom stereocenters. The zero-order valence-electron chi connectivity index (χ0n) is 16.9. The molecule has 1 aromatic heterocycles. The number of rotatable bonds is 8. The quantitative estimate of drug-likeness (QED) is 0.563. The molecule has 3 rings (SSSR count). The van der Waals surface area contributed by atoms with E-state index in [1.165, 1.54) is 11.8 Å². The van der Waals surface area contributed by atoms with Gasteiger partial charge in [0.15, 0.2) is 11.0 Å². The number of para-hydroxylation sites is 2. The van der Waals surface area contributed by atoms with Crippen LogP contribution in [0.4, 0.5) is 5.69 Å². The Morgan fingerprint density at radius 3 is 2.59 bits per heavy atom. The van der Waals surface area contributed by atoms with E-state index in [1.54, 1.807) is 7.11 Å². The third-order valence-corrected chi connectivity index (χ3v) is 5.41. The summed E-state index contributed by atoms with van der Waals surface area (Å²) in [5.74, 6) is 2.03. The van der Waals surface area contributed by atoms with Crippen LogP contribution >= 0.6 is 11.8 Å². The van der Waals surface area contributed by atoms with E-state index < -0.39 is 0 Å². The Morgan fingerprint density at radius 2 is 1.90 bits per heavy atom. The third-order valence-electron chi connectivity index (χ3n) is 4.28. The second-order valence-corrected chi connectivity index (χ2v) is 7.58. The van der Waals surface area contributed by atoms with Crippen LogP contribution in [-0.2, 0) is 11.8 Å². The molecular weight excluding hydrogens is 388 g/mol. The Labute approximate surface area is 174 Å². The number of nitrogens with zero attached hydrogens (tertiary/aromatic N) is 3. The number of hydrogen-bond acceptors (Lipinski definition) is 6. The minimum Gasteiger partial charge on any atom is -0.497 e. The number of carbonyl (C=O) groups is 1. The highest BCUT2D eigenvalue weighted by atomic mass is 32.2. The molecule has 152 valence electrons. The summed E-state index contributed by atoms with van der Waals surface area (Å²) in [7, 11) is 3.52. The summed E-state index contributed by atoms with van der Waals surface area (Å²) in [4.78, 5) is 12.7. The first kappa shape index (κ1) is 20.7. The van der Waals surface area contributed by atoms with Crippen molar-refractivity contribution in [2.45, 2.75) is 24.3 Å². The van der Waals surface area contributed by atoms with Crippen molar-refractivity contribution in [2.75, 3.05) is 19.0 Å². The average Bonchev–Trinajstić information content (AvgIpc) is 3.09. The lowest BCUT2D eigenvalue weighted by Gasteiger charge is -2.14. The molecule has 0 aliphatic heterocycles. The monoisotopic (exact) mass is 412 g/mol. The SMILES string of the molecule is CCOc1ccccc1NC(=O)[C@@H](C)Sc1nnc(-c2ccc(OC)cc2)n1C. The van der Waals surface area contributed by atoms with E-state index in [4.69, 9.17) is 9.47 Å². The van der Waals surface area contributed by atoms with Gasteiger partial charge in [-0.2, -0.15) is 0 Å². The lowest BCUT2D eigenvalue weighted by molar-refractivity contribution is -0.115. The van der Waals surface area contributed by atoms with Crippen molar-refractivity contribution in [1.29, 1.82) is 0 Å². The van der Waals surface area contributed by atoms with Gasteiger partial charge in [-0.15, -0.1) is 10.2 Å². The van der Waals surface area contributed by atoms with E-state index in [0.29, 0.717) is 23.2 Å². The average molecular weight is 413 g/mol. The fourth-order valence-electron chi connectivity index (χ4n) is 2.71. The van der Waals surface area contributed by atoms with Gasteiger partial charge in [0.2, 0.25) is 5.91 Å². The van der Waals surface area contributed by atoms with Gasteiger partial charge in [-0.25, -0.2) is 0 Å². The molecule has 1 N–H and O–H groups in total. The smallest absolute Gasteiger partial charge is 0.237 e. The molecule has 0 spiro atoms. The van der Waals surface area contributed by atoms with Crippen molar-refractivity contribution in [3.63, 3.8) is 0 Å². The molecule has 0 aliphatic carbocycles. The first-order chi connectivity index (χ1) is 14.0. The standard InChI is InChI=1S/C21H24N4O3S/c1-5-28-18-9-7-6-8-17(18)22-20(26)14(2)29-21-24-23-19(25(21)3)15-10-12-16(27-4)13-11-15/h6-14H,5H2,1-4H3,(H,22,26)/t14-/m1/s1. The Kier molecular flexibility index (Phi) is 6.77. The van der Waals surface area contributed by atoms with Crippen LogP contribution < -0.4 is 14.8 Å². The van der Waals surface area contributed by atoms with E-state index in [1.807, 2.05) is 74.0 Å². The summed E-state index contributed by atoms with van der Waals surface area (Å²) >= 11 is 1.35. The highest BCUT2D eigenvalue weighted by molar-refractivity contribution is 8.00. The fraction of sp³-hybridized carbons (Fsp3) is 0.286. The number of thioether (sulfide) groups is 1. The number of amides is 1. The zero-order valence-corrected chi connectivity index (χ0v) is 17.7. The summed E-state index contributed by atoms with van der Waals surface area (Å²) in [6, 6.07) is 15.0. The van der Waals surface area contributed by atoms with Gasteiger partial charge in [-0.3, -0.25) is 4.79 Å². The van der Waals surface area contributed by atoms with Crippen molar-refractivity contribution in [2.24, 2.45) is 7.05 Å². The molecule has 0 fully saturated rings. The number of anilines is 1. The second-order valence-electron chi connectivity index (χ2n) is 6.27. The third kappa shape index (κ3) is 4.89. The Hall–Kier alpha value is -3.00. The largest absolute Gasteiger partial charge is 0.497 e. The number of carbonyl (C=O) groups excluding carboxylic acids is 1. The molecule has 1 amide bonds. The maximum atomic E-state index is 12.7. The predicted octanol–water partition coefficient (Wildman–Crippen LogP) is 4.01. The van der Waals surface area contributed by atoms with E-state index >= 15 is 0 Å². The Balaban J connectivity index is 1.70. The number of hydrogen-bond donors (Lipinski definition) is 1. The normalized spacial score (nSPS) is 11.7. The van der Waals surface area contributed by atoms with E-state index in [9.17, 15) is 4.79 Å². The van der Waals surface area contributed by atoms with E-state index in [2.05, 4.69) is 15.5 Å². The summed E-state index contributed by atoms with van der Waals surface area (Å²) in [6.07, 6.45) is 0. The minimum atomic E-state index is -0.365. The molecule has 1 atom stereocenters. The summed E-state index contributed by atoms with van der Waals surface area (Å²) < 4.78 is 12.6. The maximum Gasteiger partial charge on any atom is 0.237 e. The van der Waals surface area contributed by atoms with Crippen molar-refractivity contribution in [3.05, 3.63) is 48.5 Å². The maximum absolute atomic E-state index is 12.7. The Morgan fingerprint density at radius 1 is 1.17 bits per heavy atom. The zero-order chi connectivity index (χ0) is 20.8. The molecule has 8 heteroatoms. The lowest BCUT2D eigenvalue weighted by atomic mass is 10.2. The molecule has 0 saturated heterocycles. The first-order valence-electron chi connectivity index (χ1n) is 9.26. The van der Waals surface area contributed by atoms with Gasteiger partial charge >= 0.3 is 0 Å². The number of methoxy groups -OCH3 is 1. The van der Waals surface area contributed by atoms with Gasteiger partial charge in [0, 0.05) is 12.6 Å². The van der Waals surface area contributed by atoms with Crippen molar-refractivity contribution in [3.8, 4) is 22.9 Å². The van der Waals surface area contributed by atoms with E-state index in [0.717, 1.165) is 17.1 Å². The van der Waals surface area contributed by atoms with Crippen LogP contribution in [0, 0.1) is 0 Å². The van der Waals surface area contributed by atoms with Gasteiger partial charge in [0.05, 0.1) is 24.7 Å². The van der Waals surface area contributed by atoms with Crippen molar-refractivity contribution >= 4 is 23.4 Å². The summed E-state index contributed by atoms with van der Waals surface area (Å²) in [6.45, 7) is 4.28. The molecule has 7 nitrogen and oxygen atoms in total. The van der Waals surface area contributed by atoms with Crippen LogP contribution in [0.3, 0.4) is 0 Å². The number of benzene rings is 2. The molecule has 1 heterocycles. The van der Waals surface area contributed by atoms with Gasteiger partial charge in [0.25, 0.3) is 0 Å². The number of aromatic nitrogens is 3. The minimum absolute atomic E-state index is 0.129. The first-order valence-corrected chi connectivity index (χ1v) is 10.1. The van der Waals surface area contributed by atoms with Gasteiger partial charge < -0.3 is 19.4 Å². The molecule has 0 saturated carbocycles. The molecular formula is C21H24N4O3S. The second kappa shape index (κ2) is 9.47. The topological polar surface area (TPSA) is 78.3 Å². The molecule has 0 aliphatic rings. The van der Waals surface area contributed by atoms with E-state index in [-0.39, 0.29) is 11.2 Å². The van der Waals surface area contributed by atoms with Gasteiger partial charge in [-0.05, 0) is 50.2 Å². The highest BCUT2D eigenvalue weighted by Gasteiger charge is 2.20. The van der Waals surface area contributed by atoms with Gasteiger partial charge in [0.1, 0.15) is 11.5 Å².